The lowest BCUT2D eigenvalue weighted by molar-refractivity contribution is 0.0529. The molecular formula is C18H18N4O2. The maximum absolute atomic E-state index is 12.3. The Hall–Kier alpha value is -3.28. The first-order valence-corrected chi connectivity index (χ1v) is 7.63. The number of ether oxygens (including phenoxy) is 1. The van der Waals surface area contributed by atoms with Gasteiger partial charge in [0.2, 0.25) is 0 Å². The number of anilines is 3. The van der Waals surface area contributed by atoms with Gasteiger partial charge >= 0.3 is 5.97 Å². The van der Waals surface area contributed by atoms with E-state index in [1.165, 1.54) is 4.68 Å². The SMILES string of the molecule is CCOC(=O)c1c(Nc2ccccc2)nn(-c2ccccc2)c1N. The Kier molecular flexibility index (Phi) is 4.47. The molecule has 3 N–H and O–H groups in total. The fourth-order valence-electron chi connectivity index (χ4n) is 2.35. The normalized spacial score (nSPS) is 10.4. The van der Waals surface area contributed by atoms with Crippen molar-refractivity contribution in [2.75, 3.05) is 17.7 Å². The van der Waals surface area contributed by atoms with Crippen molar-refractivity contribution >= 4 is 23.3 Å². The summed E-state index contributed by atoms with van der Waals surface area (Å²) in [7, 11) is 0. The van der Waals surface area contributed by atoms with Crippen LogP contribution >= 0.6 is 0 Å². The summed E-state index contributed by atoms with van der Waals surface area (Å²) in [5.41, 5.74) is 7.98. The molecule has 1 aromatic heterocycles. The minimum absolute atomic E-state index is 0.226. The number of hydrogen-bond donors (Lipinski definition) is 2. The van der Waals surface area contributed by atoms with Gasteiger partial charge in [-0.25, -0.2) is 9.48 Å². The number of aromatic nitrogens is 2. The van der Waals surface area contributed by atoms with Crippen molar-refractivity contribution < 1.29 is 9.53 Å². The lowest BCUT2D eigenvalue weighted by Crippen LogP contribution is -2.10. The zero-order valence-corrected chi connectivity index (χ0v) is 13.3. The molecule has 3 aromatic rings. The molecule has 3 rings (SSSR count). The van der Waals surface area contributed by atoms with Crippen molar-refractivity contribution in [2.45, 2.75) is 6.92 Å². The first kappa shape index (κ1) is 15.6. The lowest BCUT2D eigenvalue weighted by Gasteiger charge is -2.06. The van der Waals surface area contributed by atoms with Crippen LogP contribution in [0.4, 0.5) is 17.3 Å². The van der Waals surface area contributed by atoms with Crippen molar-refractivity contribution in [3.05, 3.63) is 66.2 Å². The summed E-state index contributed by atoms with van der Waals surface area (Å²) in [4.78, 5) is 12.3. The maximum Gasteiger partial charge on any atom is 0.345 e. The standard InChI is InChI=1S/C18H18N4O2/c1-2-24-18(23)15-16(19)22(14-11-7-4-8-12-14)21-17(15)20-13-9-5-3-6-10-13/h3-12H,2,19H2,1H3,(H,20,21). The van der Waals surface area contributed by atoms with E-state index in [-0.39, 0.29) is 18.0 Å². The summed E-state index contributed by atoms with van der Waals surface area (Å²) < 4.78 is 6.65. The first-order chi connectivity index (χ1) is 11.7. The van der Waals surface area contributed by atoms with Crippen LogP contribution in [0.5, 0.6) is 0 Å². The van der Waals surface area contributed by atoms with Crippen LogP contribution in [0.25, 0.3) is 5.69 Å². The molecule has 0 amide bonds. The summed E-state index contributed by atoms with van der Waals surface area (Å²) >= 11 is 0. The van der Waals surface area contributed by atoms with Gasteiger partial charge in [-0.15, -0.1) is 5.10 Å². The molecule has 2 aromatic carbocycles. The Labute approximate surface area is 139 Å². The van der Waals surface area contributed by atoms with Gasteiger partial charge in [-0.1, -0.05) is 36.4 Å². The number of nitrogen functional groups attached to an aromatic ring is 1. The van der Waals surface area contributed by atoms with Crippen LogP contribution in [0.1, 0.15) is 17.3 Å². The molecule has 0 spiro atoms. The first-order valence-electron chi connectivity index (χ1n) is 7.63. The van der Waals surface area contributed by atoms with E-state index in [1.54, 1.807) is 6.92 Å². The summed E-state index contributed by atoms with van der Waals surface area (Å²) in [6.45, 7) is 2.01. The number of carbonyl (C=O) groups is 1. The fourth-order valence-corrected chi connectivity index (χ4v) is 2.35. The highest BCUT2D eigenvalue weighted by molar-refractivity contribution is 6.00. The van der Waals surface area contributed by atoms with E-state index in [0.29, 0.717) is 5.82 Å². The number of nitrogens with two attached hydrogens (primary N) is 1. The molecule has 24 heavy (non-hydrogen) atoms. The molecule has 0 saturated heterocycles. The van der Waals surface area contributed by atoms with Gasteiger partial charge < -0.3 is 15.8 Å². The van der Waals surface area contributed by atoms with Crippen molar-refractivity contribution in [2.24, 2.45) is 0 Å². The Bertz CT molecular complexity index is 829. The van der Waals surface area contributed by atoms with E-state index in [0.717, 1.165) is 11.4 Å². The molecule has 0 unspecified atom stereocenters. The molecule has 1 heterocycles. The van der Waals surface area contributed by atoms with Crippen molar-refractivity contribution in [3.63, 3.8) is 0 Å². The third kappa shape index (κ3) is 3.08. The van der Waals surface area contributed by atoms with Crippen LogP contribution < -0.4 is 11.1 Å². The molecule has 0 atom stereocenters. The largest absolute Gasteiger partial charge is 0.462 e. The summed E-state index contributed by atoms with van der Waals surface area (Å²) in [5.74, 6) is 0.0923. The van der Waals surface area contributed by atoms with Crippen molar-refractivity contribution in [1.82, 2.24) is 9.78 Å². The van der Waals surface area contributed by atoms with E-state index >= 15 is 0 Å². The summed E-state index contributed by atoms with van der Waals surface area (Å²) in [5, 5.41) is 7.59. The average Bonchev–Trinajstić information content (AvgIpc) is 2.93. The van der Waals surface area contributed by atoms with Crippen molar-refractivity contribution in [3.8, 4) is 5.69 Å². The Morgan fingerprint density at radius 3 is 2.38 bits per heavy atom. The second kappa shape index (κ2) is 6.87. The maximum atomic E-state index is 12.3. The summed E-state index contributed by atoms with van der Waals surface area (Å²) in [6, 6.07) is 18.9. The smallest absolute Gasteiger partial charge is 0.345 e. The number of carbonyl (C=O) groups excluding carboxylic acids is 1. The highest BCUT2D eigenvalue weighted by Gasteiger charge is 2.24. The molecular weight excluding hydrogens is 304 g/mol. The predicted octanol–water partition coefficient (Wildman–Crippen LogP) is 3.37. The van der Waals surface area contributed by atoms with Crippen LogP contribution in [0, 0.1) is 0 Å². The molecule has 0 aliphatic heterocycles. The van der Waals surface area contributed by atoms with Gasteiger partial charge in [0.25, 0.3) is 0 Å². The van der Waals surface area contributed by atoms with Gasteiger partial charge in [-0.05, 0) is 31.2 Å². The third-order valence-corrected chi connectivity index (χ3v) is 3.44. The van der Waals surface area contributed by atoms with Crippen LogP contribution in [-0.2, 0) is 4.74 Å². The molecule has 6 heteroatoms. The van der Waals surface area contributed by atoms with Gasteiger partial charge in [0, 0.05) is 5.69 Å². The van der Waals surface area contributed by atoms with E-state index in [1.807, 2.05) is 60.7 Å². The second-order valence-corrected chi connectivity index (χ2v) is 5.07. The zero-order chi connectivity index (χ0) is 16.9. The molecule has 122 valence electrons. The molecule has 0 aliphatic carbocycles. The quantitative estimate of drug-likeness (QED) is 0.704. The molecule has 0 aliphatic rings. The number of para-hydroxylation sites is 2. The molecule has 0 radical (unpaired) electrons. The minimum Gasteiger partial charge on any atom is -0.462 e. The van der Waals surface area contributed by atoms with E-state index in [9.17, 15) is 4.79 Å². The monoisotopic (exact) mass is 322 g/mol. The van der Waals surface area contributed by atoms with Crippen LogP contribution in [0.2, 0.25) is 0 Å². The molecule has 0 fully saturated rings. The second-order valence-electron chi connectivity index (χ2n) is 5.07. The lowest BCUT2D eigenvalue weighted by atomic mass is 10.2. The Balaban J connectivity index is 2.07. The number of esters is 1. The average molecular weight is 322 g/mol. The minimum atomic E-state index is -0.504. The number of rotatable bonds is 5. The Morgan fingerprint density at radius 2 is 1.75 bits per heavy atom. The highest BCUT2D eigenvalue weighted by Crippen LogP contribution is 2.28. The van der Waals surface area contributed by atoms with Gasteiger partial charge in [0.05, 0.1) is 12.3 Å². The highest BCUT2D eigenvalue weighted by atomic mass is 16.5. The predicted molar refractivity (Wildman–Crippen MR) is 93.7 cm³/mol. The number of hydrogen-bond acceptors (Lipinski definition) is 5. The number of benzene rings is 2. The topological polar surface area (TPSA) is 82.2 Å². The molecule has 6 nitrogen and oxygen atoms in total. The van der Waals surface area contributed by atoms with E-state index < -0.39 is 5.97 Å². The summed E-state index contributed by atoms with van der Waals surface area (Å²) in [6.07, 6.45) is 0. The fraction of sp³-hybridized carbons (Fsp3) is 0.111. The Morgan fingerprint density at radius 1 is 1.12 bits per heavy atom. The van der Waals surface area contributed by atoms with Crippen LogP contribution in [0.15, 0.2) is 60.7 Å². The third-order valence-electron chi connectivity index (χ3n) is 3.44. The van der Waals surface area contributed by atoms with Gasteiger partial charge in [0.15, 0.2) is 5.82 Å². The number of nitrogens with one attached hydrogen (secondary N) is 1. The van der Waals surface area contributed by atoms with E-state index in [2.05, 4.69) is 10.4 Å². The number of nitrogens with zero attached hydrogens (tertiary/aromatic N) is 2. The van der Waals surface area contributed by atoms with Crippen molar-refractivity contribution in [1.29, 1.82) is 0 Å². The molecule has 0 saturated carbocycles. The van der Waals surface area contributed by atoms with Gasteiger partial charge in [0.1, 0.15) is 11.4 Å². The van der Waals surface area contributed by atoms with Gasteiger partial charge in [-0.2, -0.15) is 0 Å². The molecule has 0 bridgehead atoms. The zero-order valence-electron chi connectivity index (χ0n) is 13.3. The van der Waals surface area contributed by atoms with Crippen LogP contribution in [0.3, 0.4) is 0 Å². The van der Waals surface area contributed by atoms with Crippen LogP contribution in [-0.4, -0.2) is 22.4 Å². The van der Waals surface area contributed by atoms with Gasteiger partial charge in [-0.3, -0.25) is 0 Å². The van der Waals surface area contributed by atoms with E-state index in [4.69, 9.17) is 10.5 Å².